The fourth-order valence-corrected chi connectivity index (χ4v) is 3.55. The third-order valence-electron chi connectivity index (χ3n) is 5.41. The third kappa shape index (κ3) is 4.42. The zero-order valence-corrected chi connectivity index (χ0v) is 17.2. The number of nitrogens with zero attached hydrogens (tertiary/aromatic N) is 3. The van der Waals surface area contributed by atoms with Gasteiger partial charge in [0.15, 0.2) is 5.76 Å². The second kappa shape index (κ2) is 7.85. The molecule has 0 N–H and O–H groups in total. The van der Waals surface area contributed by atoms with E-state index in [1.165, 1.54) is 0 Å². The van der Waals surface area contributed by atoms with Crippen LogP contribution in [0.4, 0.5) is 0 Å². The van der Waals surface area contributed by atoms with Crippen LogP contribution in [-0.2, 0) is 5.41 Å². The molecule has 1 aliphatic heterocycles. The van der Waals surface area contributed by atoms with Crippen molar-refractivity contribution in [1.82, 2.24) is 15.1 Å². The lowest BCUT2D eigenvalue weighted by atomic mass is 9.92. The van der Waals surface area contributed by atoms with Crippen molar-refractivity contribution in [2.24, 2.45) is 5.92 Å². The lowest BCUT2D eigenvalue weighted by molar-refractivity contribution is 0.0630. The summed E-state index contributed by atoms with van der Waals surface area (Å²) < 4.78 is 11.6. The summed E-state index contributed by atoms with van der Waals surface area (Å²) in [6.07, 6.45) is 1.80. The molecule has 3 aromatic rings. The van der Waals surface area contributed by atoms with E-state index >= 15 is 0 Å². The molecule has 0 saturated carbocycles. The Morgan fingerprint density at radius 2 is 1.90 bits per heavy atom. The van der Waals surface area contributed by atoms with Gasteiger partial charge in [-0.05, 0) is 37.0 Å². The molecular formula is C23H27N3O3. The zero-order chi connectivity index (χ0) is 20.4. The number of hydrogen-bond donors (Lipinski definition) is 0. The Morgan fingerprint density at radius 1 is 1.14 bits per heavy atom. The lowest BCUT2D eigenvalue weighted by Gasteiger charge is -2.31. The van der Waals surface area contributed by atoms with Gasteiger partial charge in [0, 0.05) is 30.0 Å². The van der Waals surface area contributed by atoms with Gasteiger partial charge < -0.3 is 14.1 Å². The van der Waals surface area contributed by atoms with E-state index in [-0.39, 0.29) is 11.3 Å². The van der Waals surface area contributed by atoms with Crippen molar-refractivity contribution in [3.05, 3.63) is 53.9 Å². The summed E-state index contributed by atoms with van der Waals surface area (Å²) in [5.74, 6) is 1.33. The van der Waals surface area contributed by atoms with Crippen molar-refractivity contribution in [3.63, 3.8) is 0 Å². The first-order valence-corrected chi connectivity index (χ1v) is 10.1. The smallest absolute Gasteiger partial charge is 0.289 e. The van der Waals surface area contributed by atoms with E-state index in [0.717, 1.165) is 29.5 Å². The van der Waals surface area contributed by atoms with Gasteiger partial charge >= 0.3 is 0 Å². The molecule has 4 rings (SSSR count). The van der Waals surface area contributed by atoms with Crippen LogP contribution in [0, 0.1) is 5.92 Å². The fourth-order valence-electron chi connectivity index (χ4n) is 3.55. The summed E-state index contributed by atoms with van der Waals surface area (Å²) in [5.41, 5.74) is 1.67. The first-order chi connectivity index (χ1) is 13.9. The SMILES string of the molecule is CC(C)(C)c1ccc(OCC2CCN(C(=O)c3cc4ccccc4o3)CC2)nn1. The molecule has 0 unspecified atom stereocenters. The summed E-state index contributed by atoms with van der Waals surface area (Å²) in [7, 11) is 0. The summed E-state index contributed by atoms with van der Waals surface area (Å²) in [6.45, 7) is 8.33. The van der Waals surface area contributed by atoms with Gasteiger partial charge in [-0.1, -0.05) is 39.0 Å². The maximum absolute atomic E-state index is 12.8. The number of fused-ring (bicyclic) bond motifs is 1. The first kappa shape index (κ1) is 19.4. The van der Waals surface area contributed by atoms with E-state index in [2.05, 4.69) is 31.0 Å². The molecule has 0 radical (unpaired) electrons. The number of carbonyl (C=O) groups is 1. The van der Waals surface area contributed by atoms with Gasteiger partial charge in [-0.25, -0.2) is 0 Å². The Balaban J connectivity index is 1.28. The predicted octanol–water partition coefficient (Wildman–Crippen LogP) is 4.45. The van der Waals surface area contributed by atoms with Gasteiger partial charge in [0.2, 0.25) is 5.88 Å². The van der Waals surface area contributed by atoms with Crippen LogP contribution in [0.3, 0.4) is 0 Å². The average molecular weight is 393 g/mol. The van der Waals surface area contributed by atoms with Crippen molar-refractivity contribution in [2.75, 3.05) is 19.7 Å². The number of aromatic nitrogens is 2. The number of amides is 1. The van der Waals surface area contributed by atoms with Crippen LogP contribution in [-0.4, -0.2) is 40.7 Å². The number of ether oxygens (including phenoxy) is 1. The Kier molecular flexibility index (Phi) is 5.26. The van der Waals surface area contributed by atoms with Crippen LogP contribution >= 0.6 is 0 Å². The number of piperidine rings is 1. The van der Waals surface area contributed by atoms with Crippen molar-refractivity contribution in [1.29, 1.82) is 0 Å². The van der Waals surface area contributed by atoms with Crippen LogP contribution in [0.15, 0.2) is 46.9 Å². The van der Waals surface area contributed by atoms with Crippen molar-refractivity contribution >= 4 is 16.9 Å². The summed E-state index contributed by atoms with van der Waals surface area (Å²) >= 11 is 0. The molecule has 0 aliphatic carbocycles. The summed E-state index contributed by atoms with van der Waals surface area (Å²) in [6, 6.07) is 13.4. The van der Waals surface area contributed by atoms with Crippen molar-refractivity contribution in [2.45, 2.75) is 39.0 Å². The summed E-state index contributed by atoms with van der Waals surface area (Å²) in [5, 5.41) is 9.40. The highest BCUT2D eigenvalue weighted by atomic mass is 16.5. The Bertz CT molecular complexity index is 948. The lowest BCUT2D eigenvalue weighted by Crippen LogP contribution is -2.39. The molecule has 1 aliphatic rings. The van der Waals surface area contributed by atoms with Gasteiger partial charge in [0.1, 0.15) is 5.58 Å². The van der Waals surface area contributed by atoms with E-state index in [0.29, 0.717) is 37.3 Å². The quantitative estimate of drug-likeness (QED) is 0.655. The molecule has 1 saturated heterocycles. The third-order valence-corrected chi connectivity index (χ3v) is 5.41. The molecule has 6 heteroatoms. The maximum atomic E-state index is 12.8. The summed E-state index contributed by atoms with van der Waals surface area (Å²) in [4.78, 5) is 14.6. The van der Waals surface area contributed by atoms with Gasteiger partial charge in [0.05, 0.1) is 12.3 Å². The highest BCUT2D eigenvalue weighted by Crippen LogP contribution is 2.24. The Labute approximate surface area is 170 Å². The number of rotatable bonds is 4. The molecule has 3 heterocycles. The van der Waals surface area contributed by atoms with Gasteiger partial charge in [-0.2, -0.15) is 5.10 Å². The molecule has 0 spiro atoms. The van der Waals surface area contributed by atoms with Crippen LogP contribution in [0.25, 0.3) is 11.0 Å². The molecule has 2 aromatic heterocycles. The molecule has 1 fully saturated rings. The van der Waals surface area contributed by atoms with E-state index in [9.17, 15) is 4.79 Å². The van der Waals surface area contributed by atoms with Crippen LogP contribution in [0.1, 0.15) is 49.9 Å². The van der Waals surface area contributed by atoms with Gasteiger partial charge in [0.25, 0.3) is 5.91 Å². The minimum Gasteiger partial charge on any atom is -0.476 e. The highest BCUT2D eigenvalue weighted by molar-refractivity contribution is 5.96. The highest BCUT2D eigenvalue weighted by Gasteiger charge is 2.26. The molecule has 29 heavy (non-hydrogen) atoms. The largest absolute Gasteiger partial charge is 0.476 e. The minimum absolute atomic E-state index is 0.0231. The van der Waals surface area contributed by atoms with E-state index in [1.807, 2.05) is 47.4 Å². The molecular weight excluding hydrogens is 366 g/mol. The van der Waals surface area contributed by atoms with Crippen LogP contribution < -0.4 is 4.74 Å². The van der Waals surface area contributed by atoms with Crippen molar-refractivity contribution < 1.29 is 13.9 Å². The Morgan fingerprint density at radius 3 is 2.55 bits per heavy atom. The van der Waals surface area contributed by atoms with Gasteiger partial charge in [-0.15, -0.1) is 5.10 Å². The molecule has 0 bridgehead atoms. The second-order valence-corrected chi connectivity index (χ2v) is 8.70. The number of benzene rings is 1. The second-order valence-electron chi connectivity index (χ2n) is 8.70. The molecule has 0 atom stereocenters. The zero-order valence-electron chi connectivity index (χ0n) is 17.2. The van der Waals surface area contributed by atoms with Gasteiger partial charge in [-0.3, -0.25) is 4.79 Å². The average Bonchev–Trinajstić information content (AvgIpc) is 3.16. The van der Waals surface area contributed by atoms with Crippen LogP contribution in [0.5, 0.6) is 5.88 Å². The molecule has 1 aromatic carbocycles. The Hall–Kier alpha value is -2.89. The predicted molar refractivity (Wildman–Crippen MR) is 111 cm³/mol. The monoisotopic (exact) mass is 393 g/mol. The number of likely N-dealkylation sites (tertiary alicyclic amines) is 1. The first-order valence-electron chi connectivity index (χ1n) is 10.1. The standard InChI is InChI=1S/C23H27N3O3/c1-23(2,3)20-8-9-21(25-24-20)28-15-16-10-12-26(13-11-16)22(27)19-14-17-6-4-5-7-18(17)29-19/h4-9,14,16H,10-13,15H2,1-3H3. The molecule has 1 amide bonds. The van der Waals surface area contributed by atoms with Crippen molar-refractivity contribution in [3.8, 4) is 5.88 Å². The topological polar surface area (TPSA) is 68.5 Å². The van der Waals surface area contributed by atoms with E-state index in [4.69, 9.17) is 9.15 Å². The number of carbonyl (C=O) groups excluding carboxylic acids is 1. The maximum Gasteiger partial charge on any atom is 0.289 e. The minimum atomic E-state index is -0.0378. The van der Waals surface area contributed by atoms with E-state index < -0.39 is 0 Å². The fraction of sp³-hybridized carbons (Fsp3) is 0.435. The normalized spacial score (nSPS) is 15.6. The molecule has 152 valence electrons. The number of furan rings is 1. The number of para-hydroxylation sites is 1. The molecule has 6 nitrogen and oxygen atoms in total. The van der Waals surface area contributed by atoms with Crippen LogP contribution in [0.2, 0.25) is 0 Å². The number of hydrogen-bond acceptors (Lipinski definition) is 5. The van der Waals surface area contributed by atoms with E-state index in [1.54, 1.807) is 0 Å².